The van der Waals surface area contributed by atoms with Gasteiger partial charge in [-0.2, -0.15) is 0 Å². The van der Waals surface area contributed by atoms with E-state index in [1.165, 1.54) is 0 Å². The molecule has 21 heavy (non-hydrogen) atoms. The van der Waals surface area contributed by atoms with E-state index in [-0.39, 0.29) is 137 Å². The molecule has 21 heteroatoms. The van der Waals surface area contributed by atoms with Gasteiger partial charge in [-0.05, 0) is 0 Å². The molecule has 0 spiro atoms. The summed E-state index contributed by atoms with van der Waals surface area (Å²) in [7, 11) is 0. The predicted molar refractivity (Wildman–Crippen MR) is 65.7 cm³/mol. The van der Waals surface area contributed by atoms with Crippen LogP contribution < -0.4 is 51.4 Å². The van der Waals surface area contributed by atoms with Gasteiger partial charge in [0.25, 0.3) is 0 Å². The molecule has 0 fully saturated rings. The first-order chi connectivity index (χ1) is 5.20. The van der Waals surface area contributed by atoms with E-state index >= 15 is 0 Å². The molecule has 0 radical (unpaired) electrons. The number of rotatable bonds is 0. The predicted octanol–water partition coefficient (Wildman–Crippen LogP) is -9.69. The Labute approximate surface area is 195 Å². The summed E-state index contributed by atoms with van der Waals surface area (Å²) in [4.78, 5) is 24.8. The Morgan fingerprint density at radius 3 is 0.476 bits per heavy atom. The first-order valence-corrected chi connectivity index (χ1v) is 1.64. The molecule has 0 aromatic rings. The summed E-state index contributed by atoms with van der Waals surface area (Å²) in [6, 6.07) is 0. The van der Waals surface area contributed by atoms with Crippen molar-refractivity contribution in [2.75, 3.05) is 0 Å². The third-order valence-electron chi connectivity index (χ3n) is 0. The van der Waals surface area contributed by atoms with Gasteiger partial charge in [0.2, 0.25) is 0 Å². The fourth-order valence-corrected chi connectivity index (χ4v) is 0. The van der Waals surface area contributed by atoms with Crippen molar-refractivity contribution in [3.8, 4) is 0 Å². The second-order valence-corrected chi connectivity index (χ2v) is 0.671. The first-order valence-electron chi connectivity index (χ1n) is 1.64. The third-order valence-corrected chi connectivity index (χ3v) is 0. The van der Waals surface area contributed by atoms with Gasteiger partial charge in [-0.3, -0.25) is 0 Å². The van der Waals surface area contributed by atoms with E-state index in [0.717, 1.165) is 0 Å². The Bertz CT molecular complexity index is 126. The van der Waals surface area contributed by atoms with Crippen LogP contribution >= 0.6 is 0 Å². The van der Waals surface area contributed by atoms with Crippen LogP contribution in [0.2, 0.25) is 0 Å². The minimum atomic E-state index is -1.75. The molecule has 12 N–H and O–H groups in total. The fourth-order valence-electron chi connectivity index (χ4n) is 0. The third kappa shape index (κ3) is 12600. The topological polar surface area (TPSA) is 388 Å². The van der Waals surface area contributed by atoms with Crippen molar-refractivity contribution < 1.29 is 99.5 Å². The zero-order chi connectivity index (χ0) is 10.7. The van der Waals surface area contributed by atoms with Crippen LogP contribution in [0.4, 0.5) is 0 Å². The maximum atomic E-state index is 8.25. The van der Waals surface area contributed by atoms with E-state index in [0.29, 0.717) is 0 Å². The quantitative estimate of drug-likeness (QED) is 0.218. The van der Waals surface area contributed by atoms with Crippen LogP contribution in [-0.2, 0) is 0 Å². The van der Waals surface area contributed by atoms with Crippen LogP contribution in [0, 0.1) is 46.0 Å². The molecule has 18 nitrogen and oxygen atoms in total. The Morgan fingerprint density at radius 1 is 0.476 bits per heavy atom. The van der Waals surface area contributed by atoms with Gasteiger partial charge in [0.05, 0.1) is 15.3 Å². The van der Waals surface area contributed by atoms with E-state index < -0.39 is 15.3 Å². The molecule has 0 atom stereocenters. The van der Waals surface area contributed by atoms with Gasteiger partial charge in [-0.25, -0.2) is 0 Å². The average Bonchev–Trinajstić information content (AvgIpc) is 1.54. The molecule has 0 amide bonds. The van der Waals surface area contributed by atoms with Crippen molar-refractivity contribution in [3.05, 3.63) is 46.0 Å². The van der Waals surface area contributed by atoms with Gasteiger partial charge in [-0.1, -0.05) is 0 Å². The normalized spacial score (nSPS) is 3.43. The zero-order valence-corrected chi connectivity index (χ0v) is 14.3. The minimum absolute atomic E-state index is 0. The standard InChI is InChI=1S/K.Mg.3NO3.Na.6H2O.H/c;;3*2-1(3)4;;;;;;;;/h;;;;;;6*1H2;/q+1;+2;3*-1;;;;;;;;. The Kier molecular flexibility index (Phi) is 399. The van der Waals surface area contributed by atoms with E-state index in [9.17, 15) is 0 Å². The van der Waals surface area contributed by atoms with E-state index in [1.54, 1.807) is 0 Å². The molecule has 0 aromatic heterocycles. The Balaban J connectivity index is -0.00000000476. The van der Waals surface area contributed by atoms with Gasteiger partial charge < -0.3 is 78.8 Å². The van der Waals surface area contributed by atoms with Gasteiger partial charge in [0.15, 0.2) is 0 Å². The summed E-state index contributed by atoms with van der Waals surface area (Å²) >= 11 is 0. The number of hydrogen-bond donors (Lipinski definition) is 0. The molecule has 0 aliphatic carbocycles. The zero-order valence-electron chi connectivity index (χ0n) is 9.72. The van der Waals surface area contributed by atoms with Crippen LogP contribution in [-0.4, -0.2) is 101 Å². The van der Waals surface area contributed by atoms with Gasteiger partial charge in [-0.15, -0.1) is 0 Å². The number of nitrogens with zero attached hydrogens (tertiary/aromatic N) is 3. The second-order valence-electron chi connectivity index (χ2n) is 0.671. The average molecular weight is 382 g/mol. The maximum absolute atomic E-state index is 8.25. The molecule has 0 bridgehead atoms. The molecule has 0 saturated carbocycles. The summed E-state index contributed by atoms with van der Waals surface area (Å²) in [6.07, 6.45) is 0. The van der Waals surface area contributed by atoms with Crippen LogP contribution in [0.3, 0.4) is 0 Å². The van der Waals surface area contributed by atoms with Crippen molar-refractivity contribution in [3.63, 3.8) is 0 Å². The van der Waals surface area contributed by atoms with Crippen LogP contribution in [0.5, 0.6) is 0 Å². The molecule has 0 rings (SSSR count). The summed E-state index contributed by atoms with van der Waals surface area (Å²) < 4.78 is 0. The molecule has 0 unspecified atom stereocenters. The molecule has 122 valence electrons. The van der Waals surface area contributed by atoms with Crippen LogP contribution in [0.15, 0.2) is 0 Å². The molecule has 0 aliphatic rings. The van der Waals surface area contributed by atoms with Crippen molar-refractivity contribution in [2.24, 2.45) is 0 Å². The Hall–Kier alpha value is 0.763. The van der Waals surface area contributed by atoms with E-state index in [4.69, 9.17) is 46.0 Å². The summed E-state index contributed by atoms with van der Waals surface area (Å²) in [5.74, 6) is 0. The molecular weight excluding hydrogens is 368 g/mol. The molecule has 0 heterocycles. The summed E-state index contributed by atoms with van der Waals surface area (Å²) in [6.45, 7) is 0. The SMILES string of the molecule is O.O.O.O.O.O.O=[N+]([O-])[O-].O=[N+]([O-])[O-].O=[N+]([O-])[O-].[K+].[Mg+2].[NaH]. The fraction of sp³-hybridized carbons (Fsp3) is 0. The summed E-state index contributed by atoms with van der Waals surface area (Å²) in [5.41, 5.74) is 0. The van der Waals surface area contributed by atoms with E-state index in [1.807, 2.05) is 0 Å². The van der Waals surface area contributed by atoms with Gasteiger partial charge in [0.1, 0.15) is 0 Å². The molecule has 0 aliphatic heterocycles. The van der Waals surface area contributed by atoms with Gasteiger partial charge in [0, 0.05) is 0 Å². The summed E-state index contributed by atoms with van der Waals surface area (Å²) in [5, 5.41) is 44.2. The molecular formula is H13KMgN3NaO15. The van der Waals surface area contributed by atoms with Gasteiger partial charge >= 0.3 is 104 Å². The first kappa shape index (κ1) is 98.4. The van der Waals surface area contributed by atoms with Crippen molar-refractivity contribution in [1.82, 2.24) is 0 Å². The van der Waals surface area contributed by atoms with Crippen LogP contribution in [0.1, 0.15) is 0 Å². The Morgan fingerprint density at radius 2 is 0.476 bits per heavy atom. The molecule has 0 saturated heterocycles. The van der Waals surface area contributed by atoms with Crippen molar-refractivity contribution in [2.45, 2.75) is 0 Å². The van der Waals surface area contributed by atoms with E-state index in [2.05, 4.69) is 0 Å². The monoisotopic (exact) mass is 381 g/mol. The number of hydrogen-bond acceptors (Lipinski definition) is 9. The molecule has 0 aromatic carbocycles. The van der Waals surface area contributed by atoms with Crippen molar-refractivity contribution >= 4 is 52.6 Å². The van der Waals surface area contributed by atoms with Crippen molar-refractivity contribution in [1.29, 1.82) is 0 Å². The second kappa shape index (κ2) is 85.1. The van der Waals surface area contributed by atoms with Crippen LogP contribution in [0.25, 0.3) is 0 Å².